The van der Waals surface area contributed by atoms with Crippen LogP contribution in [-0.2, 0) is 0 Å². The molecule has 1 unspecified atom stereocenters. The molecule has 0 amide bonds. The zero-order chi connectivity index (χ0) is 12.1. The average Bonchev–Trinajstić information content (AvgIpc) is 2.38. The summed E-state index contributed by atoms with van der Waals surface area (Å²) in [5.74, 6) is 0. The number of benzene rings is 1. The molecular formula is C15H24N2. The Balaban J connectivity index is 1.97. The Morgan fingerprint density at radius 2 is 2.00 bits per heavy atom. The van der Waals surface area contributed by atoms with Crippen molar-refractivity contribution in [3.63, 3.8) is 0 Å². The predicted molar refractivity (Wildman–Crippen MR) is 74.7 cm³/mol. The SMILES string of the molecule is CCN(CC1CCCCN1)c1ccc(C)cc1. The minimum atomic E-state index is 0.671. The summed E-state index contributed by atoms with van der Waals surface area (Å²) in [5.41, 5.74) is 2.69. The van der Waals surface area contributed by atoms with Gasteiger partial charge in [0.25, 0.3) is 0 Å². The van der Waals surface area contributed by atoms with E-state index in [0.29, 0.717) is 6.04 Å². The summed E-state index contributed by atoms with van der Waals surface area (Å²) in [6.45, 7) is 7.79. The normalized spacial score (nSPS) is 20.2. The Morgan fingerprint density at radius 1 is 1.24 bits per heavy atom. The highest BCUT2D eigenvalue weighted by Gasteiger charge is 2.15. The molecule has 0 aliphatic carbocycles. The fourth-order valence-corrected chi connectivity index (χ4v) is 2.52. The lowest BCUT2D eigenvalue weighted by Gasteiger charge is -2.31. The molecule has 2 rings (SSSR count). The van der Waals surface area contributed by atoms with Gasteiger partial charge in [-0.2, -0.15) is 0 Å². The molecule has 1 N–H and O–H groups in total. The van der Waals surface area contributed by atoms with E-state index in [4.69, 9.17) is 0 Å². The van der Waals surface area contributed by atoms with Crippen LogP contribution in [0.2, 0.25) is 0 Å². The van der Waals surface area contributed by atoms with E-state index in [1.54, 1.807) is 0 Å². The standard InChI is InChI=1S/C15H24N2/c1-3-17(12-14-6-4-5-11-16-14)15-9-7-13(2)8-10-15/h7-10,14,16H,3-6,11-12H2,1-2H3. The Kier molecular flexibility index (Phi) is 4.43. The minimum absolute atomic E-state index is 0.671. The number of aryl methyl sites for hydroxylation is 1. The molecule has 1 heterocycles. The molecule has 2 heteroatoms. The van der Waals surface area contributed by atoms with E-state index in [0.717, 1.165) is 13.1 Å². The van der Waals surface area contributed by atoms with Crippen molar-refractivity contribution in [1.29, 1.82) is 0 Å². The maximum Gasteiger partial charge on any atom is 0.0366 e. The Labute approximate surface area is 105 Å². The summed E-state index contributed by atoms with van der Waals surface area (Å²) < 4.78 is 0. The monoisotopic (exact) mass is 232 g/mol. The predicted octanol–water partition coefficient (Wildman–Crippen LogP) is 2.96. The van der Waals surface area contributed by atoms with Gasteiger partial charge in [0.05, 0.1) is 0 Å². The zero-order valence-corrected chi connectivity index (χ0v) is 11.1. The van der Waals surface area contributed by atoms with Crippen molar-refractivity contribution in [2.75, 3.05) is 24.5 Å². The number of piperidine rings is 1. The van der Waals surface area contributed by atoms with Crippen LogP contribution < -0.4 is 10.2 Å². The van der Waals surface area contributed by atoms with E-state index in [9.17, 15) is 0 Å². The van der Waals surface area contributed by atoms with Crippen LogP contribution in [0.3, 0.4) is 0 Å². The van der Waals surface area contributed by atoms with Gasteiger partial charge in [0.1, 0.15) is 0 Å². The third kappa shape index (κ3) is 3.47. The highest BCUT2D eigenvalue weighted by Crippen LogP contribution is 2.17. The number of hydrogen-bond donors (Lipinski definition) is 1. The van der Waals surface area contributed by atoms with E-state index < -0.39 is 0 Å². The second-order valence-corrected chi connectivity index (χ2v) is 5.02. The maximum absolute atomic E-state index is 3.62. The molecule has 0 saturated carbocycles. The maximum atomic E-state index is 3.62. The first-order valence-electron chi connectivity index (χ1n) is 6.84. The first-order chi connectivity index (χ1) is 8.29. The number of likely N-dealkylation sites (N-methyl/N-ethyl adjacent to an activating group) is 1. The second-order valence-electron chi connectivity index (χ2n) is 5.02. The Bertz CT molecular complexity index is 325. The molecule has 1 aliphatic heterocycles. The van der Waals surface area contributed by atoms with Crippen LogP contribution in [0.25, 0.3) is 0 Å². The highest BCUT2D eigenvalue weighted by atomic mass is 15.2. The average molecular weight is 232 g/mol. The molecule has 0 aromatic heterocycles. The van der Waals surface area contributed by atoms with Gasteiger partial charge in [0, 0.05) is 24.8 Å². The van der Waals surface area contributed by atoms with E-state index in [1.165, 1.54) is 37.1 Å². The Morgan fingerprint density at radius 3 is 2.59 bits per heavy atom. The molecule has 1 aromatic carbocycles. The van der Waals surface area contributed by atoms with E-state index in [1.807, 2.05) is 0 Å². The van der Waals surface area contributed by atoms with Gasteiger partial charge in [0.2, 0.25) is 0 Å². The fraction of sp³-hybridized carbons (Fsp3) is 0.600. The molecule has 1 aromatic rings. The molecule has 0 bridgehead atoms. The fourth-order valence-electron chi connectivity index (χ4n) is 2.52. The third-order valence-corrected chi connectivity index (χ3v) is 3.63. The molecule has 94 valence electrons. The van der Waals surface area contributed by atoms with Crippen LogP contribution in [-0.4, -0.2) is 25.7 Å². The first kappa shape index (κ1) is 12.4. The molecule has 1 saturated heterocycles. The first-order valence-corrected chi connectivity index (χ1v) is 6.84. The van der Waals surface area contributed by atoms with Crippen LogP contribution in [0.15, 0.2) is 24.3 Å². The van der Waals surface area contributed by atoms with Crippen molar-refractivity contribution in [2.45, 2.75) is 39.2 Å². The smallest absolute Gasteiger partial charge is 0.0366 e. The Hall–Kier alpha value is -1.02. The topological polar surface area (TPSA) is 15.3 Å². The van der Waals surface area contributed by atoms with Gasteiger partial charge in [0.15, 0.2) is 0 Å². The number of nitrogens with one attached hydrogen (secondary N) is 1. The molecule has 1 atom stereocenters. The lowest BCUT2D eigenvalue weighted by atomic mass is 10.0. The van der Waals surface area contributed by atoms with E-state index in [2.05, 4.69) is 48.3 Å². The van der Waals surface area contributed by atoms with Crippen molar-refractivity contribution in [3.05, 3.63) is 29.8 Å². The van der Waals surface area contributed by atoms with Gasteiger partial charge in [-0.1, -0.05) is 24.1 Å². The van der Waals surface area contributed by atoms with E-state index >= 15 is 0 Å². The van der Waals surface area contributed by atoms with Crippen LogP contribution in [0.4, 0.5) is 5.69 Å². The number of rotatable bonds is 4. The largest absolute Gasteiger partial charge is 0.370 e. The van der Waals surface area contributed by atoms with Crippen molar-refractivity contribution in [3.8, 4) is 0 Å². The number of nitrogens with zero attached hydrogens (tertiary/aromatic N) is 1. The molecule has 0 radical (unpaired) electrons. The van der Waals surface area contributed by atoms with Crippen molar-refractivity contribution >= 4 is 5.69 Å². The van der Waals surface area contributed by atoms with Crippen LogP contribution in [0.5, 0.6) is 0 Å². The van der Waals surface area contributed by atoms with Crippen LogP contribution in [0.1, 0.15) is 31.7 Å². The van der Waals surface area contributed by atoms with Crippen molar-refractivity contribution in [2.24, 2.45) is 0 Å². The lowest BCUT2D eigenvalue weighted by molar-refractivity contribution is 0.400. The third-order valence-electron chi connectivity index (χ3n) is 3.63. The van der Waals surface area contributed by atoms with Crippen LogP contribution >= 0.6 is 0 Å². The zero-order valence-electron chi connectivity index (χ0n) is 11.1. The van der Waals surface area contributed by atoms with Gasteiger partial charge in [-0.25, -0.2) is 0 Å². The summed E-state index contributed by atoms with van der Waals surface area (Å²) in [6.07, 6.45) is 4.04. The van der Waals surface area contributed by atoms with Crippen LogP contribution in [0, 0.1) is 6.92 Å². The summed E-state index contributed by atoms with van der Waals surface area (Å²) in [5, 5.41) is 3.62. The van der Waals surface area contributed by atoms with Gasteiger partial charge >= 0.3 is 0 Å². The van der Waals surface area contributed by atoms with Gasteiger partial charge < -0.3 is 10.2 Å². The molecule has 0 spiro atoms. The molecule has 1 aliphatic rings. The molecule has 1 fully saturated rings. The van der Waals surface area contributed by atoms with Gasteiger partial charge in [-0.15, -0.1) is 0 Å². The molecule has 2 nitrogen and oxygen atoms in total. The highest BCUT2D eigenvalue weighted by molar-refractivity contribution is 5.47. The summed E-state index contributed by atoms with van der Waals surface area (Å²) in [6, 6.07) is 9.55. The lowest BCUT2D eigenvalue weighted by Crippen LogP contribution is -2.43. The number of anilines is 1. The summed E-state index contributed by atoms with van der Waals surface area (Å²) >= 11 is 0. The second kappa shape index (κ2) is 6.06. The van der Waals surface area contributed by atoms with Crippen molar-refractivity contribution in [1.82, 2.24) is 5.32 Å². The van der Waals surface area contributed by atoms with Gasteiger partial charge in [-0.05, 0) is 45.4 Å². The van der Waals surface area contributed by atoms with Gasteiger partial charge in [-0.3, -0.25) is 0 Å². The summed E-state index contributed by atoms with van der Waals surface area (Å²) in [7, 11) is 0. The molecule has 17 heavy (non-hydrogen) atoms. The summed E-state index contributed by atoms with van der Waals surface area (Å²) in [4.78, 5) is 2.47. The molecular weight excluding hydrogens is 208 g/mol. The quantitative estimate of drug-likeness (QED) is 0.858. The number of hydrogen-bond acceptors (Lipinski definition) is 2. The minimum Gasteiger partial charge on any atom is -0.370 e. The van der Waals surface area contributed by atoms with E-state index in [-0.39, 0.29) is 0 Å². The van der Waals surface area contributed by atoms with Crippen molar-refractivity contribution < 1.29 is 0 Å².